The van der Waals surface area contributed by atoms with Crippen molar-refractivity contribution in [1.82, 2.24) is 29.9 Å². The normalized spacial score (nSPS) is 14.7. The largest absolute Gasteiger partial charge is 0.457 e. The van der Waals surface area contributed by atoms with E-state index in [4.69, 9.17) is 24.7 Å². The zero-order valence-corrected chi connectivity index (χ0v) is 33.5. The number of rotatable bonds is 8. The van der Waals surface area contributed by atoms with Crippen LogP contribution in [0.2, 0.25) is 0 Å². The number of hydrogen-bond donors (Lipinski definition) is 0. The lowest BCUT2D eigenvalue weighted by Gasteiger charge is -2.40. The Kier molecular flexibility index (Phi) is 8.86. The van der Waals surface area contributed by atoms with Gasteiger partial charge in [0.25, 0.3) is 0 Å². The zero-order valence-electron chi connectivity index (χ0n) is 33.5. The molecule has 0 radical (unpaired) electrons. The molecule has 11 rings (SSSR count). The Morgan fingerprint density at radius 1 is 0.403 bits per heavy atom. The Bertz CT molecular complexity index is 2950. The summed E-state index contributed by atoms with van der Waals surface area (Å²) < 4.78 is 6.63. The van der Waals surface area contributed by atoms with Gasteiger partial charge in [-0.3, -0.25) is 9.97 Å². The number of nitrogens with zero attached hydrogens (tertiary/aromatic N) is 6. The summed E-state index contributed by atoms with van der Waals surface area (Å²) in [4.78, 5) is 28.9. The zero-order chi connectivity index (χ0) is 41.6. The van der Waals surface area contributed by atoms with Gasteiger partial charge in [0.2, 0.25) is 0 Å². The molecule has 2 aliphatic rings. The summed E-state index contributed by atoms with van der Waals surface area (Å²) in [6.07, 6.45) is 10.9. The molecule has 1 aliphatic heterocycles. The van der Waals surface area contributed by atoms with Crippen molar-refractivity contribution < 1.29 is 4.74 Å². The highest BCUT2D eigenvalue weighted by molar-refractivity contribution is 5.92. The van der Waals surface area contributed by atoms with Gasteiger partial charge in [-0.1, -0.05) is 122 Å². The monoisotopic (exact) mass is 796 g/mol. The molecular weight excluding hydrogens is 761 g/mol. The van der Waals surface area contributed by atoms with Gasteiger partial charge in [-0.05, 0) is 94.1 Å². The molecule has 0 bridgehead atoms. The fraction of sp³-hybridized carbons (Fsp3) is 0.0182. The lowest BCUT2D eigenvalue weighted by molar-refractivity contribution is 0.403. The molecule has 1 unspecified atom stereocenters. The number of benzene rings is 5. The highest BCUT2D eigenvalue weighted by Crippen LogP contribution is 2.61. The van der Waals surface area contributed by atoms with E-state index in [1.807, 2.05) is 103 Å². The van der Waals surface area contributed by atoms with Gasteiger partial charge in [-0.15, -0.1) is 0 Å². The van der Waals surface area contributed by atoms with Crippen molar-refractivity contribution in [2.24, 2.45) is 0 Å². The summed E-state index contributed by atoms with van der Waals surface area (Å²) in [7, 11) is 0. The minimum atomic E-state index is -0.844. The van der Waals surface area contributed by atoms with Crippen molar-refractivity contribution in [3.63, 3.8) is 0 Å². The second-order valence-corrected chi connectivity index (χ2v) is 15.2. The standard InChI is InChI=1S/C55H36N6O/c1-3-44-50(4-2)62-51-18-12-11-17-45(51)55(44)46-31-39(41-33-48(35-23-27-56-28-24-35)58-49(34-41)36-25-29-57-30-26-36)19-21-42(46)43-22-20-40(32-47(43)55)54-60-52(37-13-7-5-8-14-37)59-53(61-54)38-15-9-6-10-16-38/h3-34H,1-2H2. The Hall–Kier alpha value is -8.42. The number of para-hydroxylation sites is 1. The van der Waals surface area contributed by atoms with Gasteiger partial charge in [-0.25, -0.2) is 19.9 Å². The number of fused-ring (bicyclic) bond motifs is 7. The first kappa shape index (κ1) is 36.6. The van der Waals surface area contributed by atoms with Crippen molar-refractivity contribution in [1.29, 1.82) is 0 Å². The van der Waals surface area contributed by atoms with E-state index < -0.39 is 5.41 Å². The molecule has 1 atom stereocenters. The third-order valence-corrected chi connectivity index (χ3v) is 11.8. The van der Waals surface area contributed by atoms with E-state index in [0.717, 1.165) is 89.5 Å². The molecule has 1 spiro atoms. The molecule has 5 aromatic carbocycles. The molecule has 292 valence electrons. The van der Waals surface area contributed by atoms with Crippen LogP contribution in [-0.2, 0) is 5.41 Å². The maximum atomic E-state index is 6.63. The van der Waals surface area contributed by atoms with Crippen molar-refractivity contribution in [2.45, 2.75) is 5.41 Å². The molecule has 0 fully saturated rings. The Labute approximate surface area is 359 Å². The second-order valence-electron chi connectivity index (χ2n) is 15.2. The van der Waals surface area contributed by atoms with Crippen LogP contribution in [0.3, 0.4) is 0 Å². The van der Waals surface area contributed by atoms with E-state index >= 15 is 0 Å². The highest BCUT2D eigenvalue weighted by atomic mass is 16.5. The van der Waals surface area contributed by atoms with Crippen molar-refractivity contribution in [3.8, 4) is 84.7 Å². The SMILES string of the molecule is C=CC1=C(C=C)C2(c3ccccc3O1)c1cc(-c3cc(-c4ccncc4)nc(-c4ccncc4)c3)ccc1-c1ccc(-c3nc(-c4ccccc4)nc(-c4ccccc4)n3)cc12. The van der Waals surface area contributed by atoms with Crippen LogP contribution < -0.4 is 4.74 Å². The first-order chi connectivity index (χ1) is 30.6. The van der Waals surface area contributed by atoms with Crippen LogP contribution in [0.25, 0.3) is 78.9 Å². The molecule has 0 N–H and O–H groups in total. The van der Waals surface area contributed by atoms with Gasteiger partial charge in [0.05, 0.1) is 16.8 Å². The number of hydrogen-bond acceptors (Lipinski definition) is 7. The van der Waals surface area contributed by atoms with Crippen molar-refractivity contribution in [2.75, 3.05) is 0 Å². The van der Waals surface area contributed by atoms with E-state index in [1.54, 1.807) is 30.9 Å². The van der Waals surface area contributed by atoms with Gasteiger partial charge in [-0.2, -0.15) is 0 Å². The van der Waals surface area contributed by atoms with Crippen LogP contribution in [0.1, 0.15) is 16.7 Å². The molecule has 0 saturated carbocycles. The van der Waals surface area contributed by atoms with Gasteiger partial charge in [0.15, 0.2) is 17.5 Å². The van der Waals surface area contributed by atoms with Crippen LogP contribution in [0.15, 0.2) is 219 Å². The van der Waals surface area contributed by atoms with Crippen molar-refractivity contribution >= 4 is 0 Å². The summed E-state index contributed by atoms with van der Waals surface area (Å²) in [5, 5.41) is 0. The summed E-state index contributed by atoms with van der Waals surface area (Å²) in [5.74, 6) is 3.18. The number of allylic oxidation sites excluding steroid dienone is 3. The molecule has 62 heavy (non-hydrogen) atoms. The van der Waals surface area contributed by atoms with Crippen LogP contribution >= 0.6 is 0 Å². The van der Waals surface area contributed by atoms with Gasteiger partial charge in [0, 0.05) is 63.7 Å². The fourth-order valence-corrected chi connectivity index (χ4v) is 8.97. The maximum Gasteiger partial charge on any atom is 0.164 e. The summed E-state index contributed by atoms with van der Waals surface area (Å²) in [6.45, 7) is 8.66. The number of ether oxygens (including phenoxy) is 1. The molecule has 7 nitrogen and oxygen atoms in total. The number of pyridine rings is 3. The molecule has 0 amide bonds. The van der Waals surface area contributed by atoms with Gasteiger partial charge in [0.1, 0.15) is 11.5 Å². The molecular formula is C55H36N6O. The average molecular weight is 797 g/mol. The van der Waals surface area contributed by atoms with Crippen LogP contribution in [0.5, 0.6) is 5.75 Å². The minimum absolute atomic E-state index is 0.574. The van der Waals surface area contributed by atoms with E-state index in [9.17, 15) is 0 Å². The first-order valence-corrected chi connectivity index (χ1v) is 20.4. The predicted octanol–water partition coefficient (Wildman–Crippen LogP) is 12.4. The quantitative estimate of drug-likeness (QED) is 0.151. The first-order valence-electron chi connectivity index (χ1n) is 20.4. The van der Waals surface area contributed by atoms with Gasteiger partial charge < -0.3 is 4.74 Å². The lowest BCUT2D eigenvalue weighted by atomic mass is 9.65. The molecule has 4 aromatic heterocycles. The van der Waals surface area contributed by atoms with E-state index in [0.29, 0.717) is 23.2 Å². The smallest absolute Gasteiger partial charge is 0.164 e. The molecule has 7 heteroatoms. The third kappa shape index (κ3) is 5.98. The van der Waals surface area contributed by atoms with Crippen LogP contribution in [0, 0.1) is 0 Å². The third-order valence-electron chi connectivity index (χ3n) is 11.8. The van der Waals surface area contributed by atoms with E-state index in [2.05, 4.69) is 83.8 Å². The molecule has 1 aliphatic carbocycles. The lowest BCUT2D eigenvalue weighted by Crippen LogP contribution is -2.34. The van der Waals surface area contributed by atoms with Gasteiger partial charge >= 0.3 is 0 Å². The maximum absolute atomic E-state index is 6.63. The fourth-order valence-electron chi connectivity index (χ4n) is 8.97. The number of aromatic nitrogens is 6. The molecule has 0 saturated heterocycles. The molecule has 9 aromatic rings. The Morgan fingerprint density at radius 2 is 0.903 bits per heavy atom. The minimum Gasteiger partial charge on any atom is -0.457 e. The topological polar surface area (TPSA) is 86.6 Å². The average Bonchev–Trinajstić information content (AvgIpc) is 3.63. The Balaban J connectivity index is 1.16. The Morgan fingerprint density at radius 3 is 1.45 bits per heavy atom. The summed E-state index contributed by atoms with van der Waals surface area (Å²) >= 11 is 0. The highest BCUT2D eigenvalue weighted by Gasteiger charge is 2.51. The predicted molar refractivity (Wildman–Crippen MR) is 246 cm³/mol. The molecule has 5 heterocycles. The second kappa shape index (κ2) is 15.0. The van der Waals surface area contributed by atoms with Crippen molar-refractivity contribution in [3.05, 3.63) is 236 Å². The summed E-state index contributed by atoms with van der Waals surface area (Å²) in [6, 6.07) is 54.0. The van der Waals surface area contributed by atoms with Crippen LogP contribution in [-0.4, -0.2) is 29.9 Å². The van der Waals surface area contributed by atoms with Crippen LogP contribution in [0.4, 0.5) is 0 Å². The van der Waals surface area contributed by atoms with E-state index in [1.165, 1.54) is 0 Å². The van der Waals surface area contributed by atoms with E-state index in [-0.39, 0.29) is 0 Å². The summed E-state index contributed by atoms with van der Waals surface area (Å²) in [5.41, 5.74) is 13.8.